The minimum atomic E-state index is 0.0397. The lowest BCUT2D eigenvalue weighted by atomic mass is 10.0. The quantitative estimate of drug-likeness (QED) is 0.569. The molecule has 0 bridgehead atoms. The van der Waals surface area contributed by atoms with Crippen molar-refractivity contribution in [1.29, 1.82) is 0 Å². The molecule has 1 aliphatic heterocycles. The summed E-state index contributed by atoms with van der Waals surface area (Å²) in [5, 5.41) is 0.760. The standard InChI is InChI=1S/C23H22ClNO/c1-2-25-15-20-5-3-4-6-22(20)26-23(16-25)19-9-7-17(8-10-19)18-11-13-21(24)14-12-18/h3-14,23H,2,15-16H2,1H3. The largest absolute Gasteiger partial charge is 0.484 e. The Kier molecular flexibility index (Phi) is 4.96. The second kappa shape index (κ2) is 7.53. The topological polar surface area (TPSA) is 12.5 Å². The van der Waals surface area contributed by atoms with E-state index in [4.69, 9.17) is 16.3 Å². The maximum atomic E-state index is 6.38. The number of fused-ring (bicyclic) bond motifs is 1. The molecule has 2 nitrogen and oxygen atoms in total. The highest BCUT2D eigenvalue weighted by Crippen LogP contribution is 2.32. The van der Waals surface area contributed by atoms with Crippen LogP contribution < -0.4 is 4.74 Å². The van der Waals surface area contributed by atoms with Crippen LogP contribution in [0.15, 0.2) is 72.8 Å². The Balaban J connectivity index is 1.61. The van der Waals surface area contributed by atoms with Crippen molar-refractivity contribution in [2.45, 2.75) is 19.6 Å². The molecule has 0 saturated carbocycles. The highest BCUT2D eigenvalue weighted by molar-refractivity contribution is 6.30. The van der Waals surface area contributed by atoms with Gasteiger partial charge in [0.05, 0.1) is 0 Å². The van der Waals surface area contributed by atoms with Gasteiger partial charge in [0.2, 0.25) is 0 Å². The normalized spacial score (nSPS) is 17.2. The monoisotopic (exact) mass is 363 g/mol. The van der Waals surface area contributed by atoms with Gasteiger partial charge in [-0.1, -0.05) is 73.1 Å². The number of ether oxygens (including phenoxy) is 1. The van der Waals surface area contributed by atoms with E-state index in [0.717, 1.165) is 30.4 Å². The number of halogens is 1. The lowest BCUT2D eigenvalue weighted by molar-refractivity contribution is 0.152. The third kappa shape index (κ3) is 3.62. The fourth-order valence-corrected chi connectivity index (χ4v) is 3.55. The zero-order valence-electron chi connectivity index (χ0n) is 14.9. The highest BCUT2D eigenvalue weighted by Gasteiger charge is 2.23. The summed E-state index contributed by atoms with van der Waals surface area (Å²) < 4.78 is 6.38. The summed E-state index contributed by atoms with van der Waals surface area (Å²) >= 11 is 5.99. The van der Waals surface area contributed by atoms with Crippen molar-refractivity contribution < 1.29 is 4.74 Å². The molecule has 0 saturated heterocycles. The molecule has 0 amide bonds. The van der Waals surface area contributed by atoms with Crippen molar-refractivity contribution in [2.24, 2.45) is 0 Å². The Morgan fingerprint density at radius 3 is 2.27 bits per heavy atom. The van der Waals surface area contributed by atoms with Crippen molar-refractivity contribution >= 4 is 11.6 Å². The van der Waals surface area contributed by atoms with Gasteiger partial charge >= 0.3 is 0 Å². The van der Waals surface area contributed by atoms with Crippen LogP contribution in [0.4, 0.5) is 0 Å². The van der Waals surface area contributed by atoms with Gasteiger partial charge in [0, 0.05) is 23.7 Å². The summed E-state index contributed by atoms with van der Waals surface area (Å²) in [7, 11) is 0. The molecule has 1 heterocycles. The number of hydrogen-bond donors (Lipinski definition) is 0. The number of nitrogens with zero attached hydrogens (tertiary/aromatic N) is 1. The van der Waals surface area contributed by atoms with Gasteiger partial charge in [0.1, 0.15) is 11.9 Å². The summed E-state index contributed by atoms with van der Waals surface area (Å²) in [6.07, 6.45) is 0.0397. The number of benzene rings is 3. The van der Waals surface area contributed by atoms with E-state index in [1.807, 2.05) is 18.2 Å². The van der Waals surface area contributed by atoms with E-state index >= 15 is 0 Å². The number of likely N-dealkylation sites (N-methyl/N-ethyl adjacent to an activating group) is 1. The molecule has 0 fully saturated rings. The van der Waals surface area contributed by atoms with E-state index in [1.165, 1.54) is 22.3 Å². The molecule has 26 heavy (non-hydrogen) atoms. The third-order valence-electron chi connectivity index (χ3n) is 4.97. The fraction of sp³-hybridized carbons (Fsp3) is 0.217. The second-order valence-corrected chi connectivity index (χ2v) is 7.11. The van der Waals surface area contributed by atoms with Crippen molar-refractivity contribution in [3.8, 4) is 16.9 Å². The molecule has 3 aromatic carbocycles. The van der Waals surface area contributed by atoms with Gasteiger partial charge < -0.3 is 4.74 Å². The smallest absolute Gasteiger partial charge is 0.136 e. The van der Waals surface area contributed by atoms with Crippen LogP contribution in [0.25, 0.3) is 11.1 Å². The van der Waals surface area contributed by atoms with Crippen LogP contribution in [0, 0.1) is 0 Å². The van der Waals surface area contributed by atoms with Crippen LogP contribution in [-0.2, 0) is 6.54 Å². The second-order valence-electron chi connectivity index (χ2n) is 6.67. The molecule has 3 heteroatoms. The number of para-hydroxylation sites is 1. The van der Waals surface area contributed by atoms with Crippen molar-refractivity contribution in [3.63, 3.8) is 0 Å². The zero-order valence-corrected chi connectivity index (χ0v) is 15.6. The lowest BCUT2D eigenvalue weighted by Gasteiger charge is -2.23. The molecule has 1 atom stereocenters. The molecule has 0 radical (unpaired) electrons. The van der Waals surface area contributed by atoms with Gasteiger partial charge in [0.25, 0.3) is 0 Å². The molecule has 1 aliphatic rings. The maximum absolute atomic E-state index is 6.38. The molecule has 132 valence electrons. The first kappa shape index (κ1) is 17.1. The molecular formula is C23H22ClNO. The van der Waals surface area contributed by atoms with Gasteiger partial charge in [-0.05, 0) is 41.4 Å². The van der Waals surface area contributed by atoms with Crippen LogP contribution in [0.2, 0.25) is 5.02 Å². The van der Waals surface area contributed by atoms with Crippen LogP contribution in [0.3, 0.4) is 0 Å². The summed E-state index contributed by atoms with van der Waals surface area (Å²) in [5.74, 6) is 0.996. The SMILES string of the molecule is CCN1Cc2ccccc2OC(c2ccc(-c3ccc(Cl)cc3)cc2)C1. The Bertz CT molecular complexity index is 873. The predicted octanol–water partition coefficient (Wildman–Crippen LogP) is 5.96. The molecule has 0 N–H and O–H groups in total. The first-order chi connectivity index (χ1) is 12.7. The Hall–Kier alpha value is -2.29. The van der Waals surface area contributed by atoms with Gasteiger partial charge in [-0.25, -0.2) is 0 Å². The summed E-state index contributed by atoms with van der Waals surface area (Å²) in [5.41, 5.74) is 4.82. The summed E-state index contributed by atoms with van der Waals surface area (Å²) in [6, 6.07) is 25.0. The Morgan fingerprint density at radius 2 is 1.58 bits per heavy atom. The molecule has 0 aromatic heterocycles. The average molecular weight is 364 g/mol. The lowest BCUT2D eigenvalue weighted by Crippen LogP contribution is -2.27. The molecule has 0 aliphatic carbocycles. The summed E-state index contributed by atoms with van der Waals surface area (Å²) in [4.78, 5) is 2.43. The predicted molar refractivity (Wildman–Crippen MR) is 108 cm³/mol. The van der Waals surface area contributed by atoms with Gasteiger partial charge in [-0.3, -0.25) is 4.90 Å². The van der Waals surface area contributed by atoms with Crippen LogP contribution in [0.1, 0.15) is 24.2 Å². The van der Waals surface area contributed by atoms with E-state index in [0.29, 0.717) is 0 Å². The first-order valence-corrected chi connectivity index (χ1v) is 9.43. The van der Waals surface area contributed by atoms with Gasteiger partial charge in [0.15, 0.2) is 0 Å². The zero-order chi connectivity index (χ0) is 17.9. The fourth-order valence-electron chi connectivity index (χ4n) is 3.43. The van der Waals surface area contributed by atoms with E-state index in [-0.39, 0.29) is 6.10 Å². The van der Waals surface area contributed by atoms with Crippen LogP contribution in [0.5, 0.6) is 5.75 Å². The number of hydrogen-bond acceptors (Lipinski definition) is 2. The molecular weight excluding hydrogens is 342 g/mol. The van der Waals surface area contributed by atoms with E-state index in [9.17, 15) is 0 Å². The molecule has 1 unspecified atom stereocenters. The summed E-state index contributed by atoms with van der Waals surface area (Å²) in [6.45, 7) is 5.04. The molecule has 3 aromatic rings. The van der Waals surface area contributed by atoms with Crippen LogP contribution >= 0.6 is 11.6 Å². The van der Waals surface area contributed by atoms with Crippen molar-refractivity contribution in [3.05, 3.63) is 88.9 Å². The third-order valence-corrected chi connectivity index (χ3v) is 5.22. The van der Waals surface area contributed by atoms with E-state index in [2.05, 4.69) is 66.4 Å². The van der Waals surface area contributed by atoms with Gasteiger partial charge in [-0.15, -0.1) is 0 Å². The van der Waals surface area contributed by atoms with E-state index < -0.39 is 0 Å². The molecule has 4 rings (SSSR count). The average Bonchev–Trinajstić information content (AvgIpc) is 2.88. The van der Waals surface area contributed by atoms with Crippen molar-refractivity contribution in [1.82, 2.24) is 4.90 Å². The molecule has 0 spiro atoms. The minimum Gasteiger partial charge on any atom is -0.484 e. The number of rotatable bonds is 3. The van der Waals surface area contributed by atoms with Crippen molar-refractivity contribution in [2.75, 3.05) is 13.1 Å². The highest BCUT2D eigenvalue weighted by atomic mass is 35.5. The maximum Gasteiger partial charge on any atom is 0.136 e. The Morgan fingerprint density at radius 1 is 0.923 bits per heavy atom. The van der Waals surface area contributed by atoms with E-state index in [1.54, 1.807) is 0 Å². The van der Waals surface area contributed by atoms with Gasteiger partial charge in [-0.2, -0.15) is 0 Å². The first-order valence-electron chi connectivity index (χ1n) is 9.06. The van der Waals surface area contributed by atoms with Crippen LogP contribution in [-0.4, -0.2) is 18.0 Å². The Labute approximate surface area is 160 Å². The minimum absolute atomic E-state index is 0.0397.